The second kappa shape index (κ2) is 2.03. The SMILES string of the molecule is CCCC1(O)CNC1. The first-order valence-corrected chi connectivity index (χ1v) is 3.20. The van der Waals surface area contributed by atoms with Crippen molar-refractivity contribution in [3.8, 4) is 0 Å². The molecule has 2 N–H and O–H groups in total. The molecule has 48 valence electrons. The van der Waals surface area contributed by atoms with Gasteiger partial charge in [-0.25, -0.2) is 0 Å². The van der Waals surface area contributed by atoms with Crippen LogP contribution in [0.1, 0.15) is 19.8 Å². The van der Waals surface area contributed by atoms with Gasteiger partial charge in [0.2, 0.25) is 0 Å². The fraction of sp³-hybridized carbons (Fsp3) is 1.00. The fourth-order valence-electron chi connectivity index (χ4n) is 1.06. The predicted molar refractivity (Wildman–Crippen MR) is 32.7 cm³/mol. The van der Waals surface area contributed by atoms with Crippen molar-refractivity contribution < 1.29 is 5.11 Å². The van der Waals surface area contributed by atoms with Crippen molar-refractivity contribution in [2.75, 3.05) is 13.1 Å². The summed E-state index contributed by atoms with van der Waals surface area (Å²) in [7, 11) is 0. The summed E-state index contributed by atoms with van der Waals surface area (Å²) in [5, 5.41) is 12.4. The van der Waals surface area contributed by atoms with Gasteiger partial charge in [0.15, 0.2) is 0 Å². The minimum Gasteiger partial charge on any atom is -0.387 e. The molecule has 0 aromatic carbocycles. The van der Waals surface area contributed by atoms with Crippen molar-refractivity contribution in [3.63, 3.8) is 0 Å². The zero-order valence-corrected chi connectivity index (χ0v) is 5.28. The lowest BCUT2D eigenvalue weighted by Crippen LogP contribution is -2.59. The lowest BCUT2D eigenvalue weighted by Gasteiger charge is -2.37. The van der Waals surface area contributed by atoms with Gasteiger partial charge in [-0.15, -0.1) is 0 Å². The lowest BCUT2D eigenvalue weighted by atomic mass is 9.92. The molecule has 1 aliphatic heterocycles. The van der Waals surface area contributed by atoms with Crippen molar-refractivity contribution in [2.45, 2.75) is 25.4 Å². The quantitative estimate of drug-likeness (QED) is 0.536. The van der Waals surface area contributed by atoms with E-state index in [1.807, 2.05) is 0 Å². The van der Waals surface area contributed by atoms with Gasteiger partial charge in [-0.05, 0) is 6.42 Å². The van der Waals surface area contributed by atoms with E-state index in [4.69, 9.17) is 0 Å². The van der Waals surface area contributed by atoms with Crippen LogP contribution in [-0.2, 0) is 0 Å². The molecule has 8 heavy (non-hydrogen) atoms. The highest BCUT2D eigenvalue weighted by Gasteiger charge is 2.32. The summed E-state index contributed by atoms with van der Waals surface area (Å²) in [4.78, 5) is 0. The summed E-state index contributed by atoms with van der Waals surface area (Å²) in [6.07, 6.45) is 2.03. The van der Waals surface area contributed by atoms with Crippen molar-refractivity contribution in [1.29, 1.82) is 0 Å². The van der Waals surface area contributed by atoms with Crippen LogP contribution in [0.15, 0.2) is 0 Å². The summed E-state index contributed by atoms with van der Waals surface area (Å²) < 4.78 is 0. The Balaban J connectivity index is 2.20. The Bertz CT molecular complexity index is 78.6. The molecule has 1 aliphatic rings. The topological polar surface area (TPSA) is 32.3 Å². The van der Waals surface area contributed by atoms with E-state index < -0.39 is 0 Å². The summed E-state index contributed by atoms with van der Waals surface area (Å²) >= 11 is 0. The molecule has 0 amide bonds. The Morgan fingerprint density at radius 3 is 2.38 bits per heavy atom. The zero-order valence-electron chi connectivity index (χ0n) is 5.28. The predicted octanol–water partition coefficient (Wildman–Crippen LogP) is 0.121. The van der Waals surface area contributed by atoms with Crippen LogP contribution < -0.4 is 5.32 Å². The van der Waals surface area contributed by atoms with Crippen LogP contribution in [0.5, 0.6) is 0 Å². The number of β-amino-alcohol motifs (C(OH)–C–C–N with tert-alkyl or cyclic N) is 1. The molecular formula is C6H13NO. The van der Waals surface area contributed by atoms with Crippen molar-refractivity contribution in [3.05, 3.63) is 0 Å². The molecule has 1 fully saturated rings. The van der Waals surface area contributed by atoms with Crippen LogP contribution in [0.3, 0.4) is 0 Å². The molecule has 0 aromatic heterocycles. The monoisotopic (exact) mass is 115 g/mol. The highest BCUT2D eigenvalue weighted by molar-refractivity contribution is 4.91. The van der Waals surface area contributed by atoms with E-state index in [2.05, 4.69) is 12.2 Å². The summed E-state index contributed by atoms with van der Waals surface area (Å²) in [6, 6.07) is 0. The molecule has 0 bridgehead atoms. The van der Waals surface area contributed by atoms with Crippen LogP contribution in [0.4, 0.5) is 0 Å². The summed E-state index contributed by atoms with van der Waals surface area (Å²) in [5.41, 5.74) is -0.339. The van der Waals surface area contributed by atoms with Crippen molar-refractivity contribution in [2.24, 2.45) is 0 Å². The molecule has 0 aliphatic carbocycles. The van der Waals surface area contributed by atoms with Crippen LogP contribution >= 0.6 is 0 Å². The Kier molecular flexibility index (Phi) is 1.54. The average molecular weight is 115 g/mol. The Morgan fingerprint density at radius 1 is 1.62 bits per heavy atom. The Labute approximate surface area is 49.9 Å². The smallest absolute Gasteiger partial charge is 0.0895 e. The van der Waals surface area contributed by atoms with Gasteiger partial charge < -0.3 is 10.4 Å². The maximum absolute atomic E-state index is 9.35. The van der Waals surface area contributed by atoms with E-state index >= 15 is 0 Å². The Hall–Kier alpha value is -0.0800. The van der Waals surface area contributed by atoms with Gasteiger partial charge >= 0.3 is 0 Å². The molecule has 1 heterocycles. The van der Waals surface area contributed by atoms with Crippen molar-refractivity contribution in [1.82, 2.24) is 5.32 Å². The summed E-state index contributed by atoms with van der Waals surface area (Å²) in [5.74, 6) is 0. The van der Waals surface area contributed by atoms with Crippen molar-refractivity contribution >= 4 is 0 Å². The van der Waals surface area contributed by atoms with E-state index in [-0.39, 0.29) is 5.60 Å². The van der Waals surface area contributed by atoms with Gasteiger partial charge in [-0.3, -0.25) is 0 Å². The third-order valence-corrected chi connectivity index (χ3v) is 1.62. The minimum atomic E-state index is -0.339. The highest BCUT2D eigenvalue weighted by atomic mass is 16.3. The number of rotatable bonds is 2. The third-order valence-electron chi connectivity index (χ3n) is 1.62. The maximum Gasteiger partial charge on any atom is 0.0895 e. The summed E-state index contributed by atoms with van der Waals surface area (Å²) in [6.45, 7) is 3.68. The molecule has 0 atom stereocenters. The van der Waals surface area contributed by atoms with Gasteiger partial charge in [0.25, 0.3) is 0 Å². The van der Waals surface area contributed by atoms with E-state index in [1.54, 1.807) is 0 Å². The number of hydrogen-bond donors (Lipinski definition) is 2. The number of hydrogen-bond acceptors (Lipinski definition) is 2. The van der Waals surface area contributed by atoms with E-state index in [9.17, 15) is 5.11 Å². The van der Waals surface area contributed by atoms with E-state index in [1.165, 1.54) is 0 Å². The first-order chi connectivity index (χ1) is 3.77. The molecule has 0 spiro atoms. The molecular weight excluding hydrogens is 102 g/mol. The largest absolute Gasteiger partial charge is 0.387 e. The molecule has 2 nitrogen and oxygen atoms in total. The minimum absolute atomic E-state index is 0.339. The van der Waals surface area contributed by atoms with Gasteiger partial charge in [0.1, 0.15) is 0 Å². The van der Waals surface area contributed by atoms with Crippen LogP contribution in [-0.4, -0.2) is 23.8 Å². The second-order valence-electron chi connectivity index (χ2n) is 2.58. The molecule has 0 saturated carbocycles. The molecule has 2 heteroatoms. The molecule has 1 rings (SSSR count). The first kappa shape index (κ1) is 6.05. The standard InChI is InChI=1S/C6H13NO/c1-2-3-6(8)4-7-5-6/h7-8H,2-5H2,1H3. The van der Waals surface area contributed by atoms with Crippen LogP contribution in [0.25, 0.3) is 0 Å². The second-order valence-corrected chi connectivity index (χ2v) is 2.58. The van der Waals surface area contributed by atoms with E-state index in [0.29, 0.717) is 0 Å². The lowest BCUT2D eigenvalue weighted by molar-refractivity contribution is -0.0176. The maximum atomic E-state index is 9.35. The van der Waals surface area contributed by atoms with Gasteiger partial charge in [0, 0.05) is 13.1 Å². The number of nitrogens with one attached hydrogen (secondary N) is 1. The fourth-order valence-corrected chi connectivity index (χ4v) is 1.06. The third kappa shape index (κ3) is 1.01. The average Bonchev–Trinajstić information content (AvgIpc) is 1.64. The highest BCUT2D eigenvalue weighted by Crippen LogP contribution is 2.16. The van der Waals surface area contributed by atoms with Gasteiger partial charge in [-0.2, -0.15) is 0 Å². The van der Waals surface area contributed by atoms with Crippen LogP contribution in [0.2, 0.25) is 0 Å². The van der Waals surface area contributed by atoms with Crippen LogP contribution in [0, 0.1) is 0 Å². The molecule has 0 aromatic rings. The normalized spacial score (nSPS) is 24.8. The van der Waals surface area contributed by atoms with Gasteiger partial charge in [0.05, 0.1) is 5.60 Å². The zero-order chi connectivity index (χ0) is 6.04. The molecule has 1 saturated heterocycles. The van der Waals surface area contributed by atoms with E-state index in [0.717, 1.165) is 25.9 Å². The van der Waals surface area contributed by atoms with Gasteiger partial charge in [-0.1, -0.05) is 13.3 Å². The number of aliphatic hydroxyl groups is 1. The first-order valence-electron chi connectivity index (χ1n) is 3.20. The molecule has 0 radical (unpaired) electrons. The Morgan fingerprint density at radius 2 is 2.25 bits per heavy atom. The molecule has 0 unspecified atom stereocenters.